The van der Waals surface area contributed by atoms with Crippen molar-refractivity contribution in [2.45, 2.75) is 12.8 Å². The average Bonchev–Trinajstić information content (AvgIpc) is 3.36. The van der Waals surface area contributed by atoms with E-state index in [4.69, 9.17) is 15.9 Å². The number of rotatable bonds is 5. The first kappa shape index (κ1) is 17.1. The molecule has 27 heavy (non-hydrogen) atoms. The Labute approximate surface area is 157 Å². The number of fused-ring (bicyclic) bond motifs is 1. The molecule has 1 saturated heterocycles. The highest BCUT2D eigenvalue weighted by Crippen LogP contribution is 2.33. The van der Waals surface area contributed by atoms with E-state index in [1.54, 1.807) is 24.0 Å². The Balaban J connectivity index is 1.79. The van der Waals surface area contributed by atoms with E-state index in [0.717, 1.165) is 37.3 Å². The molecule has 1 fully saturated rings. The monoisotopic (exact) mass is 364 g/mol. The van der Waals surface area contributed by atoms with Crippen molar-refractivity contribution in [1.29, 1.82) is 0 Å². The van der Waals surface area contributed by atoms with Crippen molar-refractivity contribution in [3.05, 3.63) is 24.7 Å². The second kappa shape index (κ2) is 7.11. The summed E-state index contributed by atoms with van der Waals surface area (Å²) in [7, 11) is 3.08. The highest BCUT2D eigenvalue weighted by molar-refractivity contribution is 5.76. The zero-order valence-corrected chi connectivity index (χ0v) is 15.3. The van der Waals surface area contributed by atoms with Crippen LogP contribution in [0.4, 0.5) is 5.69 Å². The van der Waals surface area contributed by atoms with Gasteiger partial charge in [0.15, 0.2) is 5.65 Å². The molecule has 1 atom stereocenters. The number of hydrogen-bond donors (Lipinski definition) is 0. The van der Waals surface area contributed by atoms with Crippen molar-refractivity contribution in [2.75, 3.05) is 32.2 Å². The number of ether oxygens (including phenoxy) is 2. The van der Waals surface area contributed by atoms with Crippen LogP contribution in [0.3, 0.4) is 0 Å². The average molecular weight is 364 g/mol. The summed E-state index contributed by atoms with van der Waals surface area (Å²) in [5.41, 5.74) is 3.22. The van der Waals surface area contributed by atoms with Gasteiger partial charge in [-0.05, 0) is 18.4 Å². The first-order valence-corrected chi connectivity index (χ1v) is 8.71. The van der Waals surface area contributed by atoms with Gasteiger partial charge in [0, 0.05) is 38.1 Å². The van der Waals surface area contributed by atoms with E-state index in [2.05, 4.69) is 30.9 Å². The predicted molar refractivity (Wildman–Crippen MR) is 101 cm³/mol. The zero-order valence-electron chi connectivity index (χ0n) is 15.3. The lowest BCUT2D eigenvalue weighted by Crippen LogP contribution is -2.21. The summed E-state index contributed by atoms with van der Waals surface area (Å²) in [4.78, 5) is 15.2. The number of hydrogen-bond acceptors (Lipinski definition) is 7. The quantitative estimate of drug-likeness (QED) is 0.641. The summed E-state index contributed by atoms with van der Waals surface area (Å²) in [5.74, 6) is 3.68. The van der Waals surface area contributed by atoms with Crippen LogP contribution in [0.5, 0.6) is 11.9 Å². The molecule has 0 saturated carbocycles. The molecule has 0 N–H and O–H groups in total. The molecule has 4 heterocycles. The van der Waals surface area contributed by atoms with Gasteiger partial charge in [-0.2, -0.15) is 10.1 Å². The van der Waals surface area contributed by atoms with Gasteiger partial charge in [-0.25, -0.2) is 14.5 Å². The molecule has 4 rings (SSSR count). The molecule has 3 aromatic rings. The maximum absolute atomic E-state index is 5.49. The Morgan fingerprint density at radius 1 is 1.30 bits per heavy atom. The van der Waals surface area contributed by atoms with E-state index in [0.29, 0.717) is 23.1 Å². The second-order valence-electron chi connectivity index (χ2n) is 6.40. The third-order valence-electron chi connectivity index (χ3n) is 4.76. The summed E-state index contributed by atoms with van der Waals surface area (Å²) in [6.45, 7) is 1.85. The fourth-order valence-electron chi connectivity index (χ4n) is 3.43. The van der Waals surface area contributed by atoms with Crippen LogP contribution in [0.2, 0.25) is 0 Å². The van der Waals surface area contributed by atoms with Gasteiger partial charge in [-0.1, -0.05) is 0 Å². The van der Waals surface area contributed by atoms with Crippen LogP contribution < -0.4 is 14.4 Å². The predicted octanol–water partition coefficient (Wildman–Crippen LogP) is 2.05. The Bertz CT molecular complexity index is 1010. The van der Waals surface area contributed by atoms with E-state index in [1.807, 2.05) is 12.3 Å². The van der Waals surface area contributed by atoms with Crippen LogP contribution in [-0.4, -0.2) is 51.9 Å². The van der Waals surface area contributed by atoms with E-state index in [1.165, 1.54) is 7.11 Å². The van der Waals surface area contributed by atoms with Crippen LogP contribution in [0, 0.1) is 18.3 Å². The van der Waals surface area contributed by atoms with Crippen molar-refractivity contribution < 1.29 is 9.47 Å². The summed E-state index contributed by atoms with van der Waals surface area (Å²) in [5, 5.41) is 4.65. The Hall–Kier alpha value is -3.34. The van der Waals surface area contributed by atoms with Gasteiger partial charge in [-0.3, -0.25) is 0 Å². The van der Waals surface area contributed by atoms with Crippen molar-refractivity contribution in [3.8, 4) is 35.5 Å². The Morgan fingerprint density at radius 3 is 2.96 bits per heavy atom. The van der Waals surface area contributed by atoms with E-state index < -0.39 is 0 Å². The topological polar surface area (TPSA) is 77.7 Å². The maximum Gasteiger partial charge on any atom is 0.319 e. The largest absolute Gasteiger partial charge is 0.480 e. The van der Waals surface area contributed by atoms with Crippen LogP contribution in [-0.2, 0) is 0 Å². The van der Waals surface area contributed by atoms with E-state index in [-0.39, 0.29) is 6.01 Å². The van der Waals surface area contributed by atoms with Gasteiger partial charge < -0.3 is 14.4 Å². The summed E-state index contributed by atoms with van der Waals surface area (Å²) in [6.07, 6.45) is 12.6. The van der Waals surface area contributed by atoms with Crippen molar-refractivity contribution in [1.82, 2.24) is 24.6 Å². The van der Waals surface area contributed by atoms with Crippen LogP contribution >= 0.6 is 0 Å². The smallest absolute Gasteiger partial charge is 0.319 e. The first-order chi connectivity index (χ1) is 13.2. The van der Waals surface area contributed by atoms with Crippen molar-refractivity contribution >= 4 is 11.3 Å². The van der Waals surface area contributed by atoms with Gasteiger partial charge in [0.1, 0.15) is 5.69 Å². The summed E-state index contributed by atoms with van der Waals surface area (Å²) in [6, 6.07) is 2.25. The number of imidazole rings is 1. The molecular weight excluding hydrogens is 344 g/mol. The molecule has 8 heteroatoms. The molecule has 1 aliphatic heterocycles. The van der Waals surface area contributed by atoms with E-state index in [9.17, 15) is 0 Å². The van der Waals surface area contributed by atoms with Gasteiger partial charge in [0.05, 0.1) is 25.5 Å². The normalized spacial score (nSPS) is 16.5. The molecule has 0 aliphatic carbocycles. The lowest BCUT2D eigenvalue weighted by molar-refractivity contribution is 0.353. The second-order valence-corrected chi connectivity index (χ2v) is 6.40. The molecule has 0 amide bonds. The highest BCUT2D eigenvalue weighted by atomic mass is 16.5. The van der Waals surface area contributed by atoms with Gasteiger partial charge in [0.2, 0.25) is 5.88 Å². The Morgan fingerprint density at radius 2 is 2.19 bits per heavy atom. The minimum absolute atomic E-state index is 0.246. The molecule has 0 bridgehead atoms. The molecule has 0 spiro atoms. The maximum atomic E-state index is 5.49. The molecule has 1 unspecified atom stereocenters. The third kappa shape index (κ3) is 3.12. The number of nitrogens with zero attached hydrogens (tertiary/aromatic N) is 6. The lowest BCUT2D eigenvalue weighted by Gasteiger charge is -2.20. The minimum atomic E-state index is 0.246. The molecule has 3 aromatic heterocycles. The molecular formula is C19H20N6O2. The first-order valence-electron chi connectivity index (χ1n) is 8.71. The van der Waals surface area contributed by atoms with Gasteiger partial charge >= 0.3 is 6.01 Å². The fraction of sp³-hybridized carbons (Fsp3) is 0.368. The van der Waals surface area contributed by atoms with Crippen LogP contribution in [0.15, 0.2) is 24.7 Å². The zero-order chi connectivity index (χ0) is 18.8. The molecule has 0 radical (unpaired) electrons. The number of aromatic nitrogens is 5. The van der Waals surface area contributed by atoms with Gasteiger partial charge in [-0.15, -0.1) is 12.3 Å². The van der Waals surface area contributed by atoms with Gasteiger partial charge in [0.25, 0.3) is 0 Å². The van der Waals surface area contributed by atoms with E-state index >= 15 is 0 Å². The van der Waals surface area contributed by atoms with Crippen molar-refractivity contribution in [2.24, 2.45) is 5.92 Å². The minimum Gasteiger partial charge on any atom is -0.480 e. The number of anilines is 1. The van der Waals surface area contributed by atoms with Crippen LogP contribution in [0.25, 0.3) is 16.9 Å². The fourth-order valence-corrected chi connectivity index (χ4v) is 3.43. The lowest BCUT2D eigenvalue weighted by atomic mass is 10.1. The van der Waals surface area contributed by atoms with Crippen LogP contribution in [0.1, 0.15) is 12.8 Å². The molecule has 0 aromatic carbocycles. The third-order valence-corrected chi connectivity index (χ3v) is 4.76. The number of methoxy groups -OCH3 is 2. The molecule has 8 nitrogen and oxygen atoms in total. The molecule has 138 valence electrons. The summed E-state index contributed by atoms with van der Waals surface area (Å²) >= 11 is 0. The standard InChI is InChI=1S/C19H20N6O2/c1-4-5-13-6-8-24(12-13)16-10-15(23-25-9-7-20-17(16)25)14-11-21-19(27-3)22-18(14)26-2/h1,7,9-11,13H,5-6,8,12H2,2-3H3. The summed E-state index contributed by atoms with van der Waals surface area (Å²) < 4.78 is 12.3. The highest BCUT2D eigenvalue weighted by Gasteiger charge is 2.25. The SMILES string of the molecule is C#CCC1CCN(c2cc(-c3cnc(OC)nc3OC)nn3ccnc23)C1. The Kier molecular flexibility index (Phi) is 4.50. The number of terminal acetylenes is 1. The van der Waals surface area contributed by atoms with Crippen molar-refractivity contribution in [3.63, 3.8) is 0 Å². The molecule has 1 aliphatic rings.